The van der Waals surface area contributed by atoms with E-state index in [9.17, 15) is 9.59 Å². The molecule has 3 rings (SSSR count). The Labute approximate surface area is 184 Å². The zero-order valence-electron chi connectivity index (χ0n) is 17.9. The van der Waals surface area contributed by atoms with Crippen LogP contribution in [0.15, 0.2) is 48.5 Å². The minimum Gasteiger partial charge on any atom is -0.352 e. The molecule has 0 unspecified atom stereocenters. The summed E-state index contributed by atoms with van der Waals surface area (Å²) in [4.78, 5) is 28.0. The fourth-order valence-electron chi connectivity index (χ4n) is 4.03. The number of nitrogens with zero attached hydrogens (tertiary/aromatic N) is 1. The van der Waals surface area contributed by atoms with E-state index < -0.39 is 6.04 Å². The van der Waals surface area contributed by atoms with Crippen molar-refractivity contribution in [3.8, 4) is 0 Å². The summed E-state index contributed by atoms with van der Waals surface area (Å²) in [7, 11) is 0. The molecule has 0 bridgehead atoms. The highest BCUT2D eigenvalue weighted by atomic mass is 35.5. The smallest absolute Gasteiger partial charge is 0.242 e. The van der Waals surface area contributed by atoms with Crippen LogP contribution in [-0.2, 0) is 22.6 Å². The van der Waals surface area contributed by atoms with E-state index in [0.717, 1.165) is 42.4 Å². The van der Waals surface area contributed by atoms with Gasteiger partial charge in [0, 0.05) is 17.6 Å². The van der Waals surface area contributed by atoms with Gasteiger partial charge < -0.3 is 10.2 Å². The molecule has 0 heterocycles. The maximum atomic E-state index is 13.3. The van der Waals surface area contributed by atoms with Gasteiger partial charge in [-0.3, -0.25) is 9.59 Å². The van der Waals surface area contributed by atoms with Crippen LogP contribution in [0, 0.1) is 6.92 Å². The van der Waals surface area contributed by atoms with Gasteiger partial charge in [-0.25, -0.2) is 0 Å². The Bertz CT molecular complexity index is 877. The van der Waals surface area contributed by atoms with Crippen LogP contribution in [0.5, 0.6) is 0 Å². The Kier molecular flexibility index (Phi) is 7.92. The molecular formula is C25H31ClN2O2. The summed E-state index contributed by atoms with van der Waals surface area (Å²) in [5, 5.41) is 3.74. The van der Waals surface area contributed by atoms with Gasteiger partial charge in [-0.2, -0.15) is 0 Å². The largest absolute Gasteiger partial charge is 0.352 e. The summed E-state index contributed by atoms with van der Waals surface area (Å²) in [6.07, 6.45) is 5.74. The lowest BCUT2D eigenvalue weighted by Crippen LogP contribution is -2.50. The van der Waals surface area contributed by atoms with Crippen molar-refractivity contribution >= 4 is 23.4 Å². The van der Waals surface area contributed by atoms with Gasteiger partial charge in [0.15, 0.2) is 0 Å². The van der Waals surface area contributed by atoms with Crippen molar-refractivity contribution in [1.29, 1.82) is 0 Å². The molecule has 4 nitrogen and oxygen atoms in total. The fourth-order valence-corrected chi connectivity index (χ4v) is 4.23. The van der Waals surface area contributed by atoms with Crippen molar-refractivity contribution in [3.05, 3.63) is 70.2 Å². The Morgan fingerprint density at radius 1 is 1.03 bits per heavy atom. The lowest BCUT2D eigenvalue weighted by Gasteiger charge is -2.31. The van der Waals surface area contributed by atoms with Crippen molar-refractivity contribution in [3.63, 3.8) is 0 Å². The number of nitrogens with one attached hydrogen (secondary N) is 1. The average Bonchev–Trinajstić information content (AvgIpc) is 2.75. The molecule has 1 N–H and O–H groups in total. The number of halogens is 1. The van der Waals surface area contributed by atoms with Gasteiger partial charge in [-0.15, -0.1) is 0 Å². The molecule has 0 aliphatic heterocycles. The molecule has 1 saturated carbocycles. The predicted molar refractivity (Wildman–Crippen MR) is 121 cm³/mol. The Balaban J connectivity index is 1.78. The average molecular weight is 427 g/mol. The molecule has 30 heavy (non-hydrogen) atoms. The standard InChI is InChI=1S/C25H31ClN2O2/c1-18-10-6-7-12-21(18)17-28(24(29)16-20-11-8-9-15-23(20)26)19(2)25(30)27-22-13-4-3-5-14-22/h6-12,15,19,22H,3-5,13-14,16-17H2,1-2H3,(H,27,30)/t19-/m1/s1. The number of hydrogen-bond donors (Lipinski definition) is 1. The Hall–Kier alpha value is -2.33. The van der Waals surface area contributed by atoms with Gasteiger partial charge in [0.2, 0.25) is 11.8 Å². The van der Waals surface area contributed by atoms with E-state index in [1.165, 1.54) is 6.42 Å². The molecule has 5 heteroatoms. The molecule has 160 valence electrons. The van der Waals surface area contributed by atoms with E-state index >= 15 is 0 Å². The van der Waals surface area contributed by atoms with Crippen LogP contribution in [0.4, 0.5) is 0 Å². The van der Waals surface area contributed by atoms with Gasteiger partial charge in [0.25, 0.3) is 0 Å². The fraction of sp³-hybridized carbons (Fsp3) is 0.440. The maximum absolute atomic E-state index is 13.3. The van der Waals surface area contributed by atoms with Gasteiger partial charge in [0.05, 0.1) is 6.42 Å². The Morgan fingerprint density at radius 3 is 2.33 bits per heavy atom. The second kappa shape index (κ2) is 10.6. The van der Waals surface area contributed by atoms with Crippen LogP contribution in [0.2, 0.25) is 5.02 Å². The third-order valence-corrected chi connectivity index (χ3v) is 6.39. The topological polar surface area (TPSA) is 49.4 Å². The van der Waals surface area contributed by atoms with Crippen LogP contribution >= 0.6 is 11.6 Å². The zero-order chi connectivity index (χ0) is 21.5. The van der Waals surface area contributed by atoms with Crippen LogP contribution in [-0.4, -0.2) is 28.8 Å². The van der Waals surface area contributed by atoms with Crippen LogP contribution in [0.1, 0.15) is 55.7 Å². The van der Waals surface area contributed by atoms with E-state index in [0.29, 0.717) is 11.6 Å². The molecule has 1 aliphatic carbocycles. The van der Waals surface area contributed by atoms with E-state index in [-0.39, 0.29) is 24.3 Å². The first-order valence-electron chi connectivity index (χ1n) is 10.8. The molecule has 2 aromatic carbocycles. The summed E-state index contributed by atoms with van der Waals surface area (Å²) in [6.45, 7) is 4.25. The first kappa shape index (κ1) is 22.4. The third-order valence-electron chi connectivity index (χ3n) is 6.02. The summed E-state index contributed by atoms with van der Waals surface area (Å²) >= 11 is 6.28. The van der Waals surface area contributed by atoms with Gasteiger partial charge in [0.1, 0.15) is 6.04 Å². The number of carbonyl (C=O) groups excluding carboxylic acids is 2. The highest BCUT2D eigenvalue weighted by Crippen LogP contribution is 2.21. The SMILES string of the molecule is Cc1ccccc1CN(C(=O)Cc1ccccc1Cl)[C@H](C)C(=O)NC1CCCCC1. The molecule has 0 saturated heterocycles. The number of amides is 2. The molecule has 0 radical (unpaired) electrons. The van der Waals surface area contributed by atoms with Crippen molar-refractivity contribution in [2.45, 2.75) is 71.0 Å². The van der Waals surface area contributed by atoms with Crippen molar-refractivity contribution in [1.82, 2.24) is 10.2 Å². The highest BCUT2D eigenvalue weighted by Gasteiger charge is 2.28. The van der Waals surface area contributed by atoms with Crippen molar-refractivity contribution in [2.24, 2.45) is 0 Å². The number of carbonyl (C=O) groups is 2. The van der Waals surface area contributed by atoms with E-state index in [1.54, 1.807) is 11.0 Å². The summed E-state index contributed by atoms with van der Waals surface area (Å²) < 4.78 is 0. The first-order valence-corrected chi connectivity index (χ1v) is 11.2. The second-order valence-electron chi connectivity index (χ2n) is 8.24. The molecule has 1 atom stereocenters. The third kappa shape index (κ3) is 5.85. The summed E-state index contributed by atoms with van der Waals surface area (Å²) in [6, 6.07) is 15.0. The van der Waals surface area contributed by atoms with Crippen molar-refractivity contribution in [2.75, 3.05) is 0 Å². The summed E-state index contributed by atoms with van der Waals surface area (Å²) in [5.41, 5.74) is 2.93. The highest BCUT2D eigenvalue weighted by molar-refractivity contribution is 6.31. The monoisotopic (exact) mass is 426 g/mol. The second-order valence-corrected chi connectivity index (χ2v) is 8.64. The quantitative estimate of drug-likeness (QED) is 0.672. The van der Waals surface area contributed by atoms with Crippen LogP contribution in [0.3, 0.4) is 0 Å². The lowest BCUT2D eigenvalue weighted by atomic mass is 9.95. The van der Waals surface area contributed by atoms with E-state index in [2.05, 4.69) is 5.32 Å². The Morgan fingerprint density at radius 2 is 1.67 bits per heavy atom. The lowest BCUT2D eigenvalue weighted by molar-refractivity contribution is -0.140. The number of aryl methyl sites for hydroxylation is 1. The van der Waals surface area contributed by atoms with Gasteiger partial charge >= 0.3 is 0 Å². The molecule has 0 spiro atoms. The van der Waals surface area contributed by atoms with Crippen molar-refractivity contribution < 1.29 is 9.59 Å². The number of benzene rings is 2. The van der Waals surface area contributed by atoms with Gasteiger partial charge in [-0.1, -0.05) is 73.3 Å². The number of hydrogen-bond acceptors (Lipinski definition) is 2. The van der Waals surface area contributed by atoms with E-state index in [4.69, 9.17) is 11.6 Å². The summed E-state index contributed by atoms with van der Waals surface area (Å²) in [5.74, 6) is -0.180. The minimum absolute atomic E-state index is 0.0806. The normalized spacial score (nSPS) is 15.4. The molecular weight excluding hydrogens is 396 g/mol. The van der Waals surface area contributed by atoms with E-state index in [1.807, 2.05) is 56.3 Å². The number of rotatable bonds is 7. The molecule has 1 fully saturated rings. The van der Waals surface area contributed by atoms with Crippen LogP contribution in [0.25, 0.3) is 0 Å². The predicted octanol–water partition coefficient (Wildman–Crippen LogP) is 5.06. The molecule has 1 aliphatic rings. The molecule has 2 aromatic rings. The zero-order valence-corrected chi connectivity index (χ0v) is 18.6. The van der Waals surface area contributed by atoms with Gasteiger partial charge in [-0.05, 0) is 49.4 Å². The maximum Gasteiger partial charge on any atom is 0.242 e. The molecule has 2 amide bonds. The molecule has 0 aromatic heterocycles. The minimum atomic E-state index is -0.554. The van der Waals surface area contributed by atoms with Crippen LogP contribution < -0.4 is 5.32 Å². The first-order chi connectivity index (χ1) is 14.5.